The zero-order valence-corrected chi connectivity index (χ0v) is 28.1. The highest BCUT2D eigenvalue weighted by Gasteiger charge is 2.66. The fraction of sp³-hybridized carbons (Fsp3) is 0.256. The minimum absolute atomic E-state index is 0.0838. The number of carbonyl (C=O) groups excluding carboxylic acids is 4. The van der Waals surface area contributed by atoms with Crippen molar-refractivity contribution < 1.29 is 34.1 Å². The summed E-state index contributed by atoms with van der Waals surface area (Å²) in [5, 5.41) is 21.4. The van der Waals surface area contributed by atoms with E-state index in [2.05, 4.69) is 0 Å². The minimum Gasteiger partial charge on any atom is -0.508 e. The molecule has 2 N–H and O–H groups in total. The predicted molar refractivity (Wildman–Crippen MR) is 190 cm³/mol. The smallest absolute Gasteiger partial charge is 0.233 e. The van der Waals surface area contributed by atoms with Gasteiger partial charge in [-0.2, -0.15) is 0 Å². The molecule has 8 rings (SSSR count). The van der Waals surface area contributed by atoms with Crippen LogP contribution in [0.1, 0.15) is 41.0 Å². The Balaban J connectivity index is 1.31. The van der Waals surface area contributed by atoms with Gasteiger partial charge in [0.1, 0.15) is 17.2 Å². The van der Waals surface area contributed by atoms with Crippen molar-refractivity contribution in [2.45, 2.75) is 30.6 Å². The molecule has 0 spiro atoms. The number of carbonyl (C=O) groups is 4. The fourth-order valence-electron chi connectivity index (χ4n) is 9.38. The van der Waals surface area contributed by atoms with Crippen molar-refractivity contribution in [3.05, 3.63) is 143 Å². The summed E-state index contributed by atoms with van der Waals surface area (Å²) < 4.78 is 5.85. The minimum atomic E-state index is -1.47. The first kappa shape index (κ1) is 32.4. The van der Waals surface area contributed by atoms with Crippen LogP contribution in [0.3, 0.4) is 0 Å². The Bertz CT molecular complexity index is 2120. The molecule has 6 atom stereocenters. The lowest BCUT2D eigenvalue weighted by Crippen LogP contribution is -2.58. The van der Waals surface area contributed by atoms with E-state index in [0.29, 0.717) is 34.4 Å². The molecule has 3 aliphatic carbocycles. The molecule has 1 aliphatic heterocycles. The van der Waals surface area contributed by atoms with E-state index in [9.17, 15) is 19.8 Å². The van der Waals surface area contributed by atoms with Crippen LogP contribution in [0.4, 0.5) is 0 Å². The van der Waals surface area contributed by atoms with Crippen LogP contribution in [0.25, 0.3) is 5.57 Å². The number of rotatable bonds is 7. The monoisotopic (exact) mass is 679 g/mol. The van der Waals surface area contributed by atoms with Crippen LogP contribution in [-0.4, -0.2) is 52.1 Å². The highest BCUT2D eigenvalue weighted by atomic mass is 16.5. The number of imide groups is 1. The molecule has 8 nitrogen and oxygen atoms in total. The molecule has 1 heterocycles. The largest absolute Gasteiger partial charge is 0.508 e. The third kappa shape index (κ3) is 4.95. The van der Waals surface area contributed by atoms with Crippen molar-refractivity contribution in [2.75, 3.05) is 13.7 Å². The number of benzene rings is 4. The molecule has 2 amide bonds. The van der Waals surface area contributed by atoms with Crippen molar-refractivity contribution in [1.82, 2.24) is 4.90 Å². The maximum Gasteiger partial charge on any atom is 0.233 e. The molecule has 1 saturated carbocycles. The number of hydrogen-bond donors (Lipinski definition) is 2. The van der Waals surface area contributed by atoms with Gasteiger partial charge < -0.3 is 14.9 Å². The number of ketones is 2. The number of phenols is 2. The van der Waals surface area contributed by atoms with Gasteiger partial charge in [0, 0.05) is 29.5 Å². The molecule has 51 heavy (non-hydrogen) atoms. The second kappa shape index (κ2) is 12.5. The van der Waals surface area contributed by atoms with Gasteiger partial charge in [0.2, 0.25) is 11.8 Å². The van der Waals surface area contributed by atoms with Crippen LogP contribution in [0, 0.1) is 23.7 Å². The molecule has 0 bridgehead atoms. The summed E-state index contributed by atoms with van der Waals surface area (Å²) in [6.45, 7) is 0.184. The first-order valence-corrected chi connectivity index (χ1v) is 17.4. The van der Waals surface area contributed by atoms with E-state index >= 15 is 9.59 Å². The van der Waals surface area contributed by atoms with Crippen LogP contribution in [0.5, 0.6) is 17.2 Å². The van der Waals surface area contributed by atoms with E-state index in [1.165, 1.54) is 18.1 Å². The van der Waals surface area contributed by atoms with E-state index in [-0.39, 0.29) is 54.3 Å². The normalized spacial score (nSPS) is 26.9. The Morgan fingerprint density at radius 2 is 1.51 bits per heavy atom. The number of phenolic OH excluding ortho intramolecular Hbond substituents is 2. The van der Waals surface area contributed by atoms with Crippen LogP contribution in [-0.2, 0) is 31.0 Å². The Morgan fingerprint density at radius 3 is 2.22 bits per heavy atom. The Labute approximate surface area is 295 Å². The summed E-state index contributed by atoms with van der Waals surface area (Å²) in [4.78, 5) is 60.0. The van der Waals surface area contributed by atoms with Gasteiger partial charge in [0.25, 0.3) is 0 Å². The van der Waals surface area contributed by atoms with Gasteiger partial charge in [-0.15, -0.1) is 0 Å². The van der Waals surface area contributed by atoms with Gasteiger partial charge in [0.15, 0.2) is 11.6 Å². The summed E-state index contributed by atoms with van der Waals surface area (Å²) in [5.74, 6) is -4.30. The Kier molecular flexibility index (Phi) is 7.97. The maximum atomic E-state index is 15.2. The number of hydrogen-bond acceptors (Lipinski definition) is 7. The number of amides is 2. The quantitative estimate of drug-likeness (QED) is 0.177. The second-order valence-electron chi connectivity index (χ2n) is 13.9. The van der Waals surface area contributed by atoms with Gasteiger partial charge >= 0.3 is 0 Å². The SMILES string of the molecule is COc1cccc(O)c1[C@H]1C2=CC[C@@H]3C(=O)N(CCc4ccc(O)cc4)C(=O)[C@@H]3[C@@H]2C[C@H]2C(=O)C(c3ccccc3)=CC(=O)[C@@]12c1ccccc1. The number of methoxy groups -OCH3 is 1. The number of allylic oxidation sites excluding steroid dienone is 4. The lowest BCUT2D eigenvalue weighted by Gasteiger charge is -2.55. The number of nitrogens with zero attached hydrogens (tertiary/aromatic N) is 1. The zero-order chi connectivity index (χ0) is 35.4. The third-order valence-corrected chi connectivity index (χ3v) is 11.6. The van der Waals surface area contributed by atoms with E-state index in [0.717, 1.165) is 11.1 Å². The first-order valence-electron chi connectivity index (χ1n) is 17.4. The molecule has 8 heteroatoms. The second-order valence-corrected chi connectivity index (χ2v) is 13.9. The Hall–Kier alpha value is -5.76. The molecular weight excluding hydrogens is 642 g/mol. The van der Waals surface area contributed by atoms with Crippen molar-refractivity contribution in [3.8, 4) is 17.2 Å². The van der Waals surface area contributed by atoms with Gasteiger partial charge in [-0.3, -0.25) is 24.1 Å². The average Bonchev–Trinajstić information content (AvgIpc) is 3.40. The number of Topliss-reactive ketones (excluding diaryl/α,β-unsaturated/α-hetero) is 1. The number of ether oxygens (including phenoxy) is 1. The highest BCUT2D eigenvalue weighted by molar-refractivity contribution is 6.31. The van der Waals surface area contributed by atoms with Crippen LogP contribution < -0.4 is 4.74 Å². The molecule has 256 valence electrons. The number of fused-ring (bicyclic) bond motifs is 4. The molecule has 4 aromatic rings. The van der Waals surface area contributed by atoms with Crippen molar-refractivity contribution in [1.29, 1.82) is 0 Å². The molecule has 2 fully saturated rings. The van der Waals surface area contributed by atoms with Gasteiger partial charge in [-0.05, 0) is 72.2 Å². The molecule has 1 saturated heterocycles. The summed E-state index contributed by atoms with van der Waals surface area (Å²) in [7, 11) is 1.50. The van der Waals surface area contributed by atoms with Gasteiger partial charge in [-0.25, -0.2) is 0 Å². The van der Waals surface area contributed by atoms with E-state index < -0.39 is 35.0 Å². The van der Waals surface area contributed by atoms with Gasteiger partial charge in [0.05, 0.1) is 24.4 Å². The first-order chi connectivity index (χ1) is 24.7. The number of likely N-dealkylation sites (tertiary alicyclic amines) is 1. The lowest BCUT2D eigenvalue weighted by atomic mass is 9.44. The molecule has 0 aromatic heterocycles. The van der Waals surface area contributed by atoms with E-state index in [4.69, 9.17) is 4.74 Å². The zero-order valence-electron chi connectivity index (χ0n) is 28.1. The van der Waals surface area contributed by atoms with Crippen LogP contribution >= 0.6 is 0 Å². The van der Waals surface area contributed by atoms with E-state index in [1.54, 1.807) is 42.5 Å². The van der Waals surface area contributed by atoms with Crippen molar-refractivity contribution >= 4 is 29.0 Å². The molecular formula is C43H37NO7. The van der Waals surface area contributed by atoms with Crippen molar-refractivity contribution in [2.24, 2.45) is 23.7 Å². The average molecular weight is 680 g/mol. The fourth-order valence-corrected chi connectivity index (χ4v) is 9.38. The van der Waals surface area contributed by atoms with Crippen LogP contribution in [0.15, 0.2) is 121 Å². The van der Waals surface area contributed by atoms with Crippen molar-refractivity contribution in [3.63, 3.8) is 0 Å². The predicted octanol–water partition coefficient (Wildman–Crippen LogP) is 6.17. The standard InChI is InChI=1S/C43H37NO7/c1-51-35-14-8-13-34(46)38(35)39-29-19-20-30-37(42(50)44(41(30)49)22-21-25-15-17-28(45)18-16-25)32(29)23-33-40(48)31(26-9-4-2-5-10-26)24-36(47)43(33,39)27-11-6-3-7-12-27/h2-19,24,30,32-33,37,39,45-46H,20-23H2,1H3/t30-,32+,33-,37-,39+,43-/m0/s1. The molecule has 4 aliphatic rings. The summed E-state index contributed by atoms with van der Waals surface area (Å²) >= 11 is 0. The highest BCUT2D eigenvalue weighted by Crippen LogP contribution is 2.65. The summed E-state index contributed by atoms with van der Waals surface area (Å²) in [6, 6.07) is 30.0. The maximum absolute atomic E-state index is 15.2. The molecule has 0 radical (unpaired) electrons. The summed E-state index contributed by atoms with van der Waals surface area (Å²) in [6.07, 6.45) is 4.33. The van der Waals surface area contributed by atoms with E-state index in [1.807, 2.05) is 66.7 Å². The van der Waals surface area contributed by atoms with Gasteiger partial charge in [-0.1, -0.05) is 90.5 Å². The molecule has 4 aromatic carbocycles. The lowest BCUT2D eigenvalue weighted by molar-refractivity contribution is -0.140. The third-order valence-electron chi connectivity index (χ3n) is 11.6. The molecule has 0 unspecified atom stereocenters. The summed E-state index contributed by atoms with van der Waals surface area (Å²) in [5.41, 5.74) is 2.12. The topological polar surface area (TPSA) is 121 Å². The van der Waals surface area contributed by atoms with Crippen LogP contribution in [0.2, 0.25) is 0 Å². The number of aromatic hydroxyl groups is 2. The Morgan fingerprint density at radius 1 is 0.804 bits per heavy atom.